The summed E-state index contributed by atoms with van der Waals surface area (Å²) in [5.74, 6) is -0.424. The molecule has 0 saturated carbocycles. The molecular weight excluding hydrogens is 289 g/mol. The highest BCUT2D eigenvalue weighted by atomic mass is 32.2. The van der Waals surface area contributed by atoms with Crippen molar-refractivity contribution < 1.29 is 14.0 Å². The SMILES string of the molecule is CC(=O)c1ccccc1NC(=O)CSc1ccc(F)cc1. The number of Topliss-reactive ketones (excluding diaryl/α,β-unsaturated/α-hetero) is 1. The monoisotopic (exact) mass is 303 g/mol. The molecule has 0 aliphatic heterocycles. The molecule has 2 aromatic carbocycles. The van der Waals surface area contributed by atoms with Crippen LogP contribution in [0.1, 0.15) is 17.3 Å². The minimum atomic E-state index is -0.306. The van der Waals surface area contributed by atoms with Crippen LogP contribution >= 0.6 is 11.8 Å². The molecule has 0 radical (unpaired) electrons. The van der Waals surface area contributed by atoms with Crippen molar-refractivity contribution >= 4 is 29.1 Å². The Morgan fingerprint density at radius 2 is 1.76 bits per heavy atom. The summed E-state index contributed by atoms with van der Waals surface area (Å²) in [6.45, 7) is 1.46. The summed E-state index contributed by atoms with van der Waals surface area (Å²) in [6, 6.07) is 12.8. The molecule has 108 valence electrons. The maximum absolute atomic E-state index is 12.8. The van der Waals surface area contributed by atoms with Gasteiger partial charge in [-0.05, 0) is 43.3 Å². The molecule has 3 nitrogen and oxygen atoms in total. The molecule has 5 heteroatoms. The van der Waals surface area contributed by atoms with Gasteiger partial charge in [-0.25, -0.2) is 4.39 Å². The van der Waals surface area contributed by atoms with E-state index in [1.807, 2.05) is 0 Å². The number of anilines is 1. The van der Waals surface area contributed by atoms with Crippen LogP contribution in [-0.4, -0.2) is 17.4 Å². The van der Waals surface area contributed by atoms with Crippen molar-refractivity contribution in [3.63, 3.8) is 0 Å². The van der Waals surface area contributed by atoms with Gasteiger partial charge < -0.3 is 5.32 Å². The van der Waals surface area contributed by atoms with Crippen molar-refractivity contribution in [3.8, 4) is 0 Å². The molecule has 2 aromatic rings. The van der Waals surface area contributed by atoms with Crippen molar-refractivity contribution in [2.24, 2.45) is 0 Å². The summed E-state index contributed by atoms with van der Waals surface area (Å²) >= 11 is 1.31. The lowest BCUT2D eigenvalue weighted by Gasteiger charge is -2.08. The van der Waals surface area contributed by atoms with Crippen LogP contribution in [-0.2, 0) is 4.79 Å². The maximum Gasteiger partial charge on any atom is 0.234 e. The fraction of sp³-hybridized carbons (Fsp3) is 0.125. The highest BCUT2D eigenvalue weighted by molar-refractivity contribution is 8.00. The second-order valence-electron chi connectivity index (χ2n) is 4.39. The van der Waals surface area contributed by atoms with Crippen LogP contribution in [0.3, 0.4) is 0 Å². The van der Waals surface area contributed by atoms with Crippen molar-refractivity contribution in [1.29, 1.82) is 0 Å². The Morgan fingerprint density at radius 1 is 1.10 bits per heavy atom. The Hall–Kier alpha value is -2.14. The molecule has 0 aliphatic rings. The van der Waals surface area contributed by atoms with Gasteiger partial charge in [-0.3, -0.25) is 9.59 Å². The molecule has 0 saturated heterocycles. The zero-order valence-corrected chi connectivity index (χ0v) is 12.2. The molecule has 0 unspecified atom stereocenters. The number of amides is 1. The fourth-order valence-electron chi connectivity index (χ4n) is 1.77. The molecule has 0 spiro atoms. The number of para-hydroxylation sites is 1. The molecule has 0 aromatic heterocycles. The van der Waals surface area contributed by atoms with Crippen molar-refractivity contribution in [2.75, 3.05) is 11.1 Å². The van der Waals surface area contributed by atoms with Crippen LogP contribution in [0.25, 0.3) is 0 Å². The van der Waals surface area contributed by atoms with Gasteiger partial charge in [0.15, 0.2) is 5.78 Å². The van der Waals surface area contributed by atoms with E-state index in [0.29, 0.717) is 11.3 Å². The first kappa shape index (κ1) is 15.3. The van der Waals surface area contributed by atoms with Crippen LogP contribution in [0.15, 0.2) is 53.4 Å². The molecule has 2 rings (SSSR count). The third kappa shape index (κ3) is 4.43. The highest BCUT2D eigenvalue weighted by Crippen LogP contribution is 2.20. The van der Waals surface area contributed by atoms with Crippen LogP contribution in [0.4, 0.5) is 10.1 Å². The van der Waals surface area contributed by atoms with Crippen LogP contribution < -0.4 is 5.32 Å². The smallest absolute Gasteiger partial charge is 0.234 e. The van der Waals surface area contributed by atoms with E-state index >= 15 is 0 Å². The fourth-order valence-corrected chi connectivity index (χ4v) is 2.46. The van der Waals surface area contributed by atoms with Crippen LogP contribution in [0.2, 0.25) is 0 Å². The van der Waals surface area contributed by atoms with E-state index in [1.54, 1.807) is 36.4 Å². The van der Waals surface area contributed by atoms with E-state index in [0.717, 1.165) is 4.90 Å². The van der Waals surface area contributed by atoms with Gasteiger partial charge in [0.05, 0.1) is 11.4 Å². The molecule has 21 heavy (non-hydrogen) atoms. The largest absolute Gasteiger partial charge is 0.325 e. The van der Waals surface area contributed by atoms with Gasteiger partial charge in [0, 0.05) is 10.5 Å². The number of ketones is 1. The number of carbonyl (C=O) groups excluding carboxylic acids is 2. The summed E-state index contributed by atoms with van der Waals surface area (Å²) in [5.41, 5.74) is 0.993. The summed E-state index contributed by atoms with van der Waals surface area (Å²) in [6.07, 6.45) is 0. The van der Waals surface area contributed by atoms with Gasteiger partial charge in [0.2, 0.25) is 5.91 Å². The number of halogens is 1. The Bertz CT molecular complexity index is 656. The molecule has 0 atom stereocenters. The summed E-state index contributed by atoms with van der Waals surface area (Å²) < 4.78 is 12.8. The Morgan fingerprint density at radius 3 is 2.43 bits per heavy atom. The number of hydrogen-bond donors (Lipinski definition) is 1. The van der Waals surface area contributed by atoms with Crippen LogP contribution in [0.5, 0.6) is 0 Å². The predicted octanol–water partition coefficient (Wildman–Crippen LogP) is 3.76. The number of thioether (sulfide) groups is 1. The zero-order valence-electron chi connectivity index (χ0n) is 11.4. The Balaban J connectivity index is 1.96. The third-order valence-electron chi connectivity index (χ3n) is 2.76. The summed E-state index contributed by atoms with van der Waals surface area (Å²) in [4.78, 5) is 24.2. The zero-order chi connectivity index (χ0) is 15.2. The first-order valence-electron chi connectivity index (χ1n) is 6.34. The van der Waals surface area contributed by atoms with E-state index in [2.05, 4.69) is 5.32 Å². The van der Waals surface area contributed by atoms with E-state index in [-0.39, 0.29) is 23.3 Å². The maximum atomic E-state index is 12.8. The number of carbonyl (C=O) groups is 2. The van der Waals surface area contributed by atoms with Gasteiger partial charge in [-0.15, -0.1) is 11.8 Å². The van der Waals surface area contributed by atoms with E-state index < -0.39 is 0 Å². The Kier molecular flexibility index (Phi) is 5.11. The standard InChI is InChI=1S/C16H14FNO2S/c1-11(19)14-4-2-3-5-15(14)18-16(20)10-21-13-8-6-12(17)7-9-13/h2-9H,10H2,1H3,(H,18,20). The molecule has 1 N–H and O–H groups in total. The molecule has 0 bridgehead atoms. The van der Waals surface area contributed by atoms with Crippen molar-refractivity contribution in [2.45, 2.75) is 11.8 Å². The number of rotatable bonds is 5. The Labute approximate surface area is 126 Å². The lowest BCUT2D eigenvalue weighted by molar-refractivity contribution is -0.113. The number of nitrogens with one attached hydrogen (secondary N) is 1. The van der Waals surface area contributed by atoms with Gasteiger partial charge in [0.25, 0.3) is 0 Å². The molecule has 1 amide bonds. The minimum Gasteiger partial charge on any atom is -0.325 e. The summed E-state index contributed by atoms with van der Waals surface area (Å²) in [5, 5.41) is 2.72. The topological polar surface area (TPSA) is 46.2 Å². The van der Waals surface area contributed by atoms with Crippen molar-refractivity contribution in [1.82, 2.24) is 0 Å². The van der Waals surface area contributed by atoms with Gasteiger partial charge >= 0.3 is 0 Å². The van der Waals surface area contributed by atoms with Crippen LogP contribution in [0, 0.1) is 5.82 Å². The molecule has 0 aliphatic carbocycles. The second-order valence-corrected chi connectivity index (χ2v) is 5.44. The third-order valence-corrected chi connectivity index (χ3v) is 3.78. The first-order valence-corrected chi connectivity index (χ1v) is 7.33. The molecule has 0 heterocycles. The second kappa shape index (κ2) is 7.04. The van der Waals surface area contributed by atoms with E-state index in [1.165, 1.54) is 30.8 Å². The normalized spacial score (nSPS) is 10.2. The lowest BCUT2D eigenvalue weighted by Crippen LogP contribution is -2.16. The van der Waals surface area contributed by atoms with E-state index in [9.17, 15) is 14.0 Å². The molecule has 0 fully saturated rings. The lowest BCUT2D eigenvalue weighted by atomic mass is 10.1. The van der Waals surface area contributed by atoms with Gasteiger partial charge in [0.1, 0.15) is 5.82 Å². The number of hydrogen-bond acceptors (Lipinski definition) is 3. The highest BCUT2D eigenvalue weighted by Gasteiger charge is 2.09. The predicted molar refractivity (Wildman–Crippen MR) is 82.2 cm³/mol. The average molecular weight is 303 g/mol. The minimum absolute atomic E-state index is 0.0999. The quantitative estimate of drug-likeness (QED) is 0.676. The summed E-state index contributed by atoms with van der Waals surface area (Å²) in [7, 11) is 0. The molecular formula is C16H14FNO2S. The van der Waals surface area contributed by atoms with E-state index in [4.69, 9.17) is 0 Å². The average Bonchev–Trinajstić information content (AvgIpc) is 2.47. The number of benzene rings is 2. The van der Waals surface area contributed by atoms with Crippen molar-refractivity contribution in [3.05, 3.63) is 59.9 Å². The first-order chi connectivity index (χ1) is 10.1. The van der Waals surface area contributed by atoms with Gasteiger partial charge in [-0.1, -0.05) is 12.1 Å². The van der Waals surface area contributed by atoms with Gasteiger partial charge in [-0.2, -0.15) is 0 Å².